The normalized spacial score (nSPS) is 14.1. The second kappa shape index (κ2) is 8.02. The van der Waals surface area contributed by atoms with E-state index in [0.717, 1.165) is 11.1 Å². The molecule has 0 fully saturated rings. The molecular weight excluding hydrogens is 254 g/mol. The van der Waals surface area contributed by atoms with Crippen LogP contribution in [0.5, 0.6) is 0 Å². The first kappa shape index (κ1) is 16.7. The number of carbonyl (C=O) groups is 1. The Morgan fingerprint density at radius 3 is 2.45 bits per heavy atom. The summed E-state index contributed by atoms with van der Waals surface area (Å²) < 4.78 is 5.14. The molecule has 0 saturated carbocycles. The number of esters is 1. The molecule has 112 valence electrons. The quantitative estimate of drug-likeness (QED) is 0.750. The van der Waals surface area contributed by atoms with E-state index in [1.165, 1.54) is 0 Å². The van der Waals surface area contributed by atoms with Crippen molar-refractivity contribution in [1.29, 1.82) is 0 Å². The number of ether oxygens (including phenoxy) is 1. The summed E-state index contributed by atoms with van der Waals surface area (Å²) in [6, 6.07) is 7.39. The van der Waals surface area contributed by atoms with E-state index >= 15 is 0 Å². The Kier molecular flexibility index (Phi) is 6.68. The average molecular weight is 279 g/mol. The van der Waals surface area contributed by atoms with E-state index < -0.39 is 12.1 Å². The van der Waals surface area contributed by atoms with E-state index in [0.29, 0.717) is 12.3 Å². The molecule has 4 nitrogen and oxygen atoms in total. The number of carbonyl (C=O) groups excluding carboxylic acids is 1. The minimum atomic E-state index is -0.845. The Hall–Kier alpha value is -1.39. The molecule has 4 heteroatoms. The SMILES string of the molecule is Cc1ccc(COC(=O)C[C@H](O)[C@@H](N)CC(C)C)cc1. The van der Waals surface area contributed by atoms with Crippen molar-refractivity contribution in [2.75, 3.05) is 0 Å². The smallest absolute Gasteiger partial charge is 0.308 e. The zero-order chi connectivity index (χ0) is 15.1. The van der Waals surface area contributed by atoms with Gasteiger partial charge in [-0.15, -0.1) is 0 Å². The van der Waals surface area contributed by atoms with Gasteiger partial charge in [0.1, 0.15) is 6.61 Å². The van der Waals surface area contributed by atoms with Crippen molar-refractivity contribution >= 4 is 5.97 Å². The Bertz CT molecular complexity index is 414. The molecule has 2 atom stereocenters. The zero-order valence-corrected chi connectivity index (χ0v) is 12.5. The van der Waals surface area contributed by atoms with Gasteiger partial charge in [0.2, 0.25) is 0 Å². The van der Waals surface area contributed by atoms with Gasteiger partial charge in [0.05, 0.1) is 12.5 Å². The van der Waals surface area contributed by atoms with Crippen LogP contribution in [0.3, 0.4) is 0 Å². The molecule has 0 unspecified atom stereocenters. The van der Waals surface area contributed by atoms with Crippen LogP contribution in [-0.2, 0) is 16.1 Å². The fraction of sp³-hybridized carbons (Fsp3) is 0.562. The van der Waals surface area contributed by atoms with Crippen LogP contribution < -0.4 is 5.73 Å². The summed E-state index contributed by atoms with van der Waals surface area (Å²) in [5, 5.41) is 9.84. The summed E-state index contributed by atoms with van der Waals surface area (Å²) in [6.45, 7) is 6.29. The lowest BCUT2D eigenvalue weighted by molar-refractivity contribution is -0.147. The first-order valence-electron chi connectivity index (χ1n) is 7.03. The molecule has 0 saturated heterocycles. The van der Waals surface area contributed by atoms with Crippen LogP contribution in [0.25, 0.3) is 0 Å². The molecule has 0 aliphatic carbocycles. The third-order valence-corrected chi connectivity index (χ3v) is 3.13. The molecule has 0 amide bonds. The summed E-state index contributed by atoms with van der Waals surface area (Å²) in [4.78, 5) is 11.6. The van der Waals surface area contributed by atoms with Crippen LogP contribution in [0.2, 0.25) is 0 Å². The first-order valence-corrected chi connectivity index (χ1v) is 7.03. The van der Waals surface area contributed by atoms with Crippen molar-refractivity contribution < 1.29 is 14.6 Å². The number of nitrogens with two attached hydrogens (primary N) is 1. The van der Waals surface area contributed by atoms with E-state index in [1.807, 2.05) is 45.0 Å². The van der Waals surface area contributed by atoms with E-state index in [9.17, 15) is 9.90 Å². The molecule has 3 N–H and O–H groups in total. The number of aryl methyl sites for hydroxylation is 1. The lowest BCUT2D eigenvalue weighted by Crippen LogP contribution is -2.37. The second-order valence-electron chi connectivity index (χ2n) is 5.71. The van der Waals surface area contributed by atoms with Gasteiger partial charge in [-0.2, -0.15) is 0 Å². The van der Waals surface area contributed by atoms with Gasteiger partial charge in [-0.05, 0) is 24.8 Å². The maximum atomic E-state index is 11.6. The van der Waals surface area contributed by atoms with Gasteiger partial charge in [0.25, 0.3) is 0 Å². The number of aliphatic hydroxyl groups excluding tert-OH is 1. The third kappa shape index (κ3) is 6.17. The predicted molar refractivity (Wildman–Crippen MR) is 79.0 cm³/mol. The minimum absolute atomic E-state index is 0.0558. The molecule has 1 rings (SSSR count). The topological polar surface area (TPSA) is 72.5 Å². The minimum Gasteiger partial charge on any atom is -0.461 e. The molecule has 1 aromatic carbocycles. The highest BCUT2D eigenvalue weighted by Crippen LogP contribution is 2.10. The number of rotatable bonds is 7. The van der Waals surface area contributed by atoms with Crippen molar-refractivity contribution in [3.63, 3.8) is 0 Å². The lowest BCUT2D eigenvalue weighted by atomic mass is 9.98. The van der Waals surface area contributed by atoms with Crippen LogP contribution in [-0.4, -0.2) is 23.2 Å². The van der Waals surface area contributed by atoms with Gasteiger partial charge in [-0.3, -0.25) is 4.79 Å². The van der Waals surface area contributed by atoms with Gasteiger partial charge in [0, 0.05) is 6.04 Å². The summed E-state index contributed by atoms with van der Waals surface area (Å²) in [6.07, 6.45) is -0.213. The summed E-state index contributed by atoms with van der Waals surface area (Å²) in [5.41, 5.74) is 7.93. The average Bonchev–Trinajstić information content (AvgIpc) is 2.37. The fourth-order valence-electron chi connectivity index (χ4n) is 1.93. The van der Waals surface area contributed by atoms with E-state index in [-0.39, 0.29) is 19.1 Å². The maximum Gasteiger partial charge on any atom is 0.308 e. The molecule has 1 aromatic rings. The maximum absolute atomic E-state index is 11.6. The van der Waals surface area contributed by atoms with Crippen molar-refractivity contribution in [3.8, 4) is 0 Å². The standard InChI is InChI=1S/C16H25NO3/c1-11(2)8-14(17)15(18)9-16(19)20-10-13-6-4-12(3)5-7-13/h4-7,11,14-15,18H,8-10,17H2,1-3H3/t14-,15-/m0/s1. The molecule has 0 spiro atoms. The lowest BCUT2D eigenvalue weighted by Gasteiger charge is -2.19. The summed E-state index contributed by atoms with van der Waals surface area (Å²) >= 11 is 0. The van der Waals surface area contributed by atoms with Crippen LogP contribution in [0, 0.1) is 12.8 Å². The molecule has 0 aliphatic heterocycles. The van der Waals surface area contributed by atoms with E-state index in [4.69, 9.17) is 10.5 Å². The van der Waals surface area contributed by atoms with Crippen molar-refractivity contribution in [3.05, 3.63) is 35.4 Å². The van der Waals surface area contributed by atoms with Gasteiger partial charge in [-0.25, -0.2) is 0 Å². The molecular formula is C16H25NO3. The van der Waals surface area contributed by atoms with Crippen LogP contribution in [0.15, 0.2) is 24.3 Å². The number of benzene rings is 1. The molecule has 0 bridgehead atoms. The van der Waals surface area contributed by atoms with Crippen LogP contribution in [0.1, 0.15) is 37.8 Å². The Morgan fingerprint density at radius 1 is 1.30 bits per heavy atom. The van der Waals surface area contributed by atoms with Crippen LogP contribution >= 0.6 is 0 Å². The highest BCUT2D eigenvalue weighted by atomic mass is 16.5. The number of hydrogen-bond donors (Lipinski definition) is 2. The Labute approximate surface area is 120 Å². The molecule has 0 aromatic heterocycles. The molecule has 20 heavy (non-hydrogen) atoms. The summed E-state index contributed by atoms with van der Waals surface area (Å²) in [7, 11) is 0. The molecule has 0 aliphatic rings. The largest absolute Gasteiger partial charge is 0.461 e. The van der Waals surface area contributed by atoms with Crippen molar-refractivity contribution in [2.45, 2.75) is 52.4 Å². The van der Waals surface area contributed by atoms with Gasteiger partial charge in [0.15, 0.2) is 0 Å². The second-order valence-corrected chi connectivity index (χ2v) is 5.71. The predicted octanol–water partition coefficient (Wildman–Crippen LogP) is 2.16. The van der Waals surface area contributed by atoms with Crippen molar-refractivity contribution in [1.82, 2.24) is 0 Å². The van der Waals surface area contributed by atoms with Crippen LogP contribution in [0.4, 0.5) is 0 Å². The van der Waals surface area contributed by atoms with E-state index in [2.05, 4.69) is 0 Å². The highest BCUT2D eigenvalue weighted by molar-refractivity contribution is 5.70. The number of aliphatic hydroxyl groups is 1. The zero-order valence-electron chi connectivity index (χ0n) is 12.5. The molecule has 0 radical (unpaired) electrons. The monoisotopic (exact) mass is 279 g/mol. The highest BCUT2D eigenvalue weighted by Gasteiger charge is 2.20. The van der Waals surface area contributed by atoms with Gasteiger partial charge in [-0.1, -0.05) is 43.7 Å². The van der Waals surface area contributed by atoms with E-state index in [1.54, 1.807) is 0 Å². The Balaban J connectivity index is 2.34. The fourth-order valence-corrected chi connectivity index (χ4v) is 1.93. The molecule has 0 heterocycles. The third-order valence-electron chi connectivity index (χ3n) is 3.13. The number of hydrogen-bond acceptors (Lipinski definition) is 4. The van der Waals surface area contributed by atoms with Crippen molar-refractivity contribution in [2.24, 2.45) is 11.7 Å². The Morgan fingerprint density at radius 2 is 1.90 bits per heavy atom. The van der Waals surface area contributed by atoms with Gasteiger partial charge >= 0.3 is 5.97 Å². The summed E-state index contributed by atoms with van der Waals surface area (Å²) in [5.74, 6) is -0.0273. The first-order chi connectivity index (χ1) is 9.38. The van der Waals surface area contributed by atoms with Gasteiger partial charge < -0.3 is 15.6 Å².